The number of hydrogen-bond donors (Lipinski definition) is 1. The molecule has 1 unspecified atom stereocenters. The molecule has 1 N–H and O–H groups in total. The molecule has 2 rings (SSSR count). The van der Waals surface area contributed by atoms with Gasteiger partial charge in [-0.05, 0) is 25.8 Å². The fourth-order valence-electron chi connectivity index (χ4n) is 1.95. The van der Waals surface area contributed by atoms with Crippen LogP contribution in [-0.4, -0.2) is 25.7 Å². The first kappa shape index (κ1) is 7.10. The third kappa shape index (κ3) is 1.03. The summed E-state index contributed by atoms with van der Waals surface area (Å²) < 4.78 is 4.97. The zero-order chi connectivity index (χ0) is 7.73. The standard InChI is InChI=1S/C8H13NO2/c10-7-8(3-5-11-7)2-1-4-9-6-8/h9H,1-6H2. The summed E-state index contributed by atoms with van der Waals surface area (Å²) >= 11 is 0. The van der Waals surface area contributed by atoms with Crippen LogP contribution in [0.15, 0.2) is 0 Å². The topological polar surface area (TPSA) is 38.3 Å². The molecule has 2 fully saturated rings. The summed E-state index contributed by atoms with van der Waals surface area (Å²) in [4.78, 5) is 11.3. The Morgan fingerprint density at radius 3 is 2.91 bits per heavy atom. The Hall–Kier alpha value is -0.570. The van der Waals surface area contributed by atoms with Gasteiger partial charge in [0.1, 0.15) is 0 Å². The molecule has 0 aromatic rings. The molecule has 0 aromatic carbocycles. The monoisotopic (exact) mass is 155 g/mol. The number of cyclic esters (lactones) is 1. The van der Waals surface area contributed by atoms with Gasteiger partial charge < -0.3 is 10.1 Å². The molecule has 2 heterocycles. The van der Waals surface area contributed by atoms with Crippen LogP contribution in [0.1, 0.15) is 19.3 Å². The first-order valence-corrected chi connectivity index (χ1v) is 4.21. The van der Waals surface area contributed by atoms with Gasteiger partial charge in [0.2, 0.25) is 0 Å². The van der Waals surface area contributed by atoms with Gasteiger partial charge in [-0.3, -0.25) is 4.79 Å². The van der Waals surface area contributed by atoms with E-state index in [1.54, 1.807) is 0 Å². The van der Waals surface area contributed by atoms with Crippen molar-refractivity contribution in [1.29, 1.82) is 0 Å². The number of esters is 1. The van der Waals surface area contributed by atoms with Crippen molar-refractivity contribution in [1.82, 2.24) is 5.32 Å². The zero-order valence-electron chi connectivity index (χ0n) is 6.56. The second-order valence-corrected chi connectivity index (χ2v) is 3.45. The quantitative estimate of drug-likeness (QED) is 0.511. The van der Waals surface area contributed by atoms with Crippen molar-refractivity contribution in [2.75, 3.05) is 19.7 Å². The van der Waals surface area contributed by atoms with E-state index >= 15 is 0 Å². The number of rotatable bonds is 0. The highest BCUT2D eigenvalue weighted by Crippen LogP contribution is 2.35. The van der Waals surface area contributed by atoms with Gasteiger partial charge in [-0.25, -0.2) is 0 Å². The molecule has 2 aliphatic heterocycles. The number of carbonyl (C=O) groups is 1. The summed E-state index contributed by atoms with van der Waals surface area (Å²) in [7, 11) is 0. The molecule has 0 bridgehead atoms. The number of piperidine rings is 1. The van der Waals surface area contributed by atoms with Crippen LogP contribution in [0.4, 0.5) is 0 Å². The molecule has 3 nitrogen and oxygen atoms in total. The van der Waals surface area contributed by atoms with Gasteiger partial charge in [0, 0.05) is 6.54 Å². The van der Waals surface area contributed by atoms with Crippen molar-refractivity contribution < 1.29 is 9.53 Å². The largest absolute Gasteiger partial charge is 0.465 e. The minimum atomic E-state index is -0.141. The smallest absolute Gasteiger partial charge is 0.313 e. The summed E-state index contributed by atoms with van der Waals surface area (Å²) in [6, 6.07) is 0. The van der Waals surface area contributed by atoms with Crippen molar-refractivity contribution in [3.05, 3.63) is 0 Å². The van der Waals surface area contributed by atoms with Gasteiger partial charge in [-0.2, -0.15) is 0 Å². The van der Waals surface area contributed by atoms with Crippen LogP contribution in [0.5, 0.6) is 0 Å². The first-order chi connectivity index (χ1) is 5.33. The van der Waals surface area contributed by atoms with Crippen LogP contribution in [0.2, 0.25) is 0 Å². The van der Waals surface area contributed by atoms with Crippen LogP contribution in [0, 0.1) is 5.41 Å². The van der Waals surface area contributed by atoms with Crippen LogP contribution in [0.3, 0.4) is 0 Å². The van der Waals surface area contributed by atoms with E-state index in [1.165, 1.54) is 0 Å². The number of nitrogens with one attached hydrogen (secondary N) is 1. The number of ether oxygens (including phenoxy) is 1. The van der Waals surface area contributed by atoms with Gasteiger partial charge in [0.05, 0.1) is 12.0 Å². The van der Waals surface area contributed by atoms with E-state index in [1.807, 2.05) is 0 Å². The molecule has 0 radical (unpaired) electrons. The lowest BCUT2D eigenvalue weighted by atomic mass is 9.80. The van der Waals surface area contributed by atoms with E-state index < -0.39 is 0 Å². The fraction of sp³-hybridized carbons (Fsp3) is 0.875. The average molecular weight is 155 g/mol. The highest BCUT2D eigenvalue weighted by Gasteiger charge is 2.44. The molecule has 0 aliphatic carbocycles. The van der Waals surface area contributed by atoms with Crippen molar-refractivity contribution in [3.8, 4) is 0 Å². The summed E-state index contributed by atoms with van der Waals surface area (Å²) in [6.07, 6.45) is 3.03. The summed E-state index contributed by atoms with van der Waals surface area (Å²) in [5.41, 5.74) is -0.141. The molecular formula is C8H13NO2. The van der Waals surface area contributed by atoms with E-state index in [9.17, 15) is 4.79 Å². The SMILES string of the molecule is O=C1OCCC12CCCNC2. The molecule has 1 spiro atoms. The first-order valence-electron chi connectivity index (χ1n) is 4.21. The molecule has 0 amide bonds. The van der Waals surface area contributed by atoms with E-state index in [0.29, 0.717) is 6.61 Å². The number of carbonyl (C=O) groups excluding carboxylic acids is 1. The second kappa shape index (κ2) is 2.48. The third-order valence-electron chi connectivity index (χ3n) is 2.72. The second-order valence-electron chi connectivity index (χ2n) is 3.45. The van der Waals surface area contributed by atoms with Crippen molar-refractivity contribution in [2.45, 2.75) is 19.3 Å². The Bertz CT molecular complexity index is 173. The summed E-state index contributed by atoms with van der Waals surface area (Å²) in [6.45, 7) is 2.50. The lowest BCUT2D eigenvalue weighted by Gasteiger charge is -2.29. The average Bonchev–Trinajstić information content (AvgIpc) is 2.36. The Labute approximate surface area is 66.1 Å². The highest BCUT2D eigenvalue weighted by atomic mass is 16.5. The zero-order valence-corrected chi connectivity index (χ0v) is 6.56. The van der Waals surface area contributed by atoms with Crippen LogP contribution in [-0.2, 0) is 9.53 Å². The Balaban J connectivity index is 2.12. The minimum Gasteiger partial charge on any atom is -0.465 e. The van der Waals surface area contributed by atoms with Crippen LogP contribution >= 0.6 is 0 Å². The van der Waals surface area contributed by atoms with E-state index in [2.05, 4.69) is 5.32 Å². The lowest BCUT2D eigenvalue weighted by molar-refractivity contribution is -0.147. The fourth-order valence-corrected chi connectivity index (χ4v) is 1.95. The van der Waals surface area contributed by atoms with Gasteiger partial charge in [-0.15, -0.1) is 0 Å². The maximum absolute atomic E-state index is 11.3. The molecule has 0 saturated carbocycles. The van der Waals surface area contributed by atoms with Gasteiger partial charge in [0.25, 0.3) is 0 Å². The Morgan fingerprint density at radius 1 is 1.45 bits per heavy atom. The van der Waals surface area contributed by atoms with E-state index in [0.717, 1.165) is 32.4 Å². The maximum atomic E-state index is 11.3. The molecule has 62 valence electrons. The Morgan fingerprint density at radius 2 is 2.36 bits per heavy atom. The Kier molecular flexibility index (Phi) is 1.60. The number of hydrogen-bond acceptors (Lipinski definition) is 3. The third-order valence-corrected chi connectivity index (χ3v) is 2.72. The van der Waals surface area contributed by atoms with Gasteiger partial charge in [0.15, 0.2) is 0 Å². The maximum Gasteiger partial charge on any atom is 0.313 e. The molecule has 11 heavy (non-hydrogen) atoms. The van der Waals surface area contributed by atoms with Gasteiger partial charge >= 0.3 is 5.97 Å². The lowest BCUT2D eigenvalue weighted by Crippen LogP contribution is -2.42. The molecule has 0 aromatic heterocycles. The molecule has 2 saturated heterocycles. The van der Waals surface area contributed by atoms with Crippen molar-refractivity contribution in [2.24, 2.45) is 5.41 Å². The predicted octanol–water partition coefficient (Wildman–Crippen LogP) is 0.303. The summed E-state index contributed by atoms with van der Waals surface area (Å²) in [5, 5.41) is 3.25. The molecule has 1 atom stereocenters. The summed E-state index contributed by atoms with van der Waals surface area (Å²) in [5.74, 6) is 0.0182. The molecule has 3 heteroatoms. The van der Waals surface area contributed by atoms with E-state index in [-0.39, 0.29) is 11.4 Å². The van der Waals surface area contributed by atoms with Crippen LogP contribution in [0.25, 0.3) is 0 Å². The molecule has 2 aliphatic rings. The predicted molar refractivity (Wildman–Crippen MR) is 40.1 cm³/mol. The van der Waals surface area contributed by atoms with Crippen LogP contribution < -0.4 is 5.32 Å². The van der Waals surface area contributed by atoms with E-state index in [4.69, 9.17) is 4.74 Å². The van der Waals surface area contributed by atoms with Gasteiger partial charge in [-0.1, -0.05) is 0 Å². The minimum absolute atomic E-state index is 0.0182. The normalized spacial score (nSPS) is 37.6. The van der Waals surface area contributed by atoms with Crippen molar-refractivity contribution in [3.63, 3.8) is 0 Å². The highest BCUT2D eigenvalue weighted by molar-refractivity contribution is 5.79. The van der Waals surface area contributed by atoms with Crippen molar-refractivity contribution >= 4 is 5.97 Å². The molecular weight excluding hydrogens is 142 g/mol.